The summed E-state index contributed by atoms with van der Waals surface area (Å²) >= 11 is 0. The number of hydrogen-bond acceptors (Lipinski definition) is 5. The lowest BCUT2D eigenvalue weighted by molar-refractivity contribution is -0.885. The van der Waals surface area contributed by atoms with E-state index in [9.17, 15) is 4.39 Å². The lowest BCUT2D eigenvalue weighted by Gasteiger charge is -2.32. The predicted molar refractivity (Wildman–Crippen MR) is 108 cm³/mol. The summed E-state index contributed by atoms with van der Waals surface area (Å²) in [6, 6.07) is 3.16. The number of anilines is 1. The number of quaternary nitrogens is 1. The Hall–Kier alpha value is -3.00. The van der Waals surface area contributed by atoms with E-state index < -0.39 is 0 Å². The minimum absolute atomic E-state index is 0.230. The topological polar surface area (TPSA) is 64.3 Å². The maximum absolute atomic E-state index is 14.4. The maximum Gasteiger partial charge on any atom is 0.210 e. The number of rotatable bonds is 4. The van der Waals surface area contributed by atoms with Crippen LogP contribution >= 0.6 is 0 Å². The van der Waals surface area contributed by atoms with Crippen molar-refractivity contribution in [2.75, 3.05) is 39.1 Å². The molecule has 0 amide bonds. The smallest absolute Gasteiger partial charge is 0.210 e. The fourth-order valence-electron chi connectivity index (χ4n) is 4.07. The van der Waals surface area contributed by atoms with Gasteiger partial charge in [0.15, 0.2) is 5.65 Å². The molecule has 0 unspecified atom stereocenters. The van der Waals surface area contributed by atoms with E-state index in [0.29, 0.717) is 24.7 Å². The summed E-state index contributed by atoms with van der Waals surface area (Å²) in [5.41, 5.74) is 4.59. The standard InChI is InChI=1S/C21H24FN6O/c1-28(2)8-5-14(6-9-28)16-11-23-21(27-13-25-26-20(16)27)24-12-17-15-7-10-29-19(15)4-3-18(17)22/h3-5,11,13H,6-10,12H2,1-2H3,(H,23,24)/q+1. The molecule has 0 saturated carbocycles. The Balaban J connectivity index is 1.44. The number of nitrogens with zero attached hydrogens (tertiary/aromatic N) is 5. The van der Waals surface area contributed by atoms with E-state index in [1.807, 2.05) is 10.6 Å². The SMILES string of the molecule is C[N+]1(C)CC=C(c2cnc(NCc3c(F)ccc4c3CCO4)n3cnnc23)CC1. The fourth-order valence-corrected chi connectivity index (χ4v) is 4.07. The minimum atomic E-state index is -0.230. The van der Waals surface area contributed by atoms with Crippen molar-refractivity contribution in [3.63, 3.8) is 0 Å². The molecule has 4 heterocycles. The molecule has 1 N–H and O–H groups in total. The Morgan fingerprint density at radius 1 is 1.28 bits per heavy atom. The van der Waals surface area contributed by atoms with Crippen molar-refractivity contribution in [2.45, 2.75) is 19.4 Å². The van der Waals surface area contributed by atoms with Crippen LogP contribution in [0.1, 0.15) is 23.1 Å². The van der Waals surface area contributed by atoms with E-state index in [1.165, 1.54) is 11.6 Å². The molecule has 1 aromatic carbocycles. The van der Waals surface area contributed by atoms with Gasteiger partial charge in [-0.2, -0.15) is 0 Å². The Morgan fingerprint density at radius 3 is 3.00 bits per heavy atom. The summed E-state index contributed by atoms with van der Waals surface area (Å²) in [5, 5.41) is 11.7. The minimum Gasteiger partial charge on any atom is -0.493 e. The first kappa shape index (κ1) is 18.1. The number of halogens is 1. The van der Waals surface area contributed by atoms with Crippen molar-refractivity contribution in [1.29, 1.82) is 0 Å². The molecule has 0 spiro atoms. The van der Waals surface area contributed by atoms with E-state index in [-0.39, 0.29) is 5.82 Å². The summed E-state index contributed by atoms with van der Waals surface area (Å²) in [6.45, 7) is 2.98. The van der Waals surface area contributed by atoms with Crippen LogP contribution in [-0.2, 0) is 13.0 Å². The Morgan fingerprint density at radius 2 is 2.17 bits per heavy atom. The lowest BCUT2D eigenvalue weighted by Crippen LogP contribution is -2.42. The summed E-state index contributed by atoms with van der Waals surface area (Å²) in [4.78, 5) is 4.60. The highest BCUT2D eigenvalue weighted by Crippen LogP contribution is 2.31. The zero-order valence-corrected chi connectivity index (χ0v) is 16.7. The van der Waals surface area contributed by atoms with Gasteiger partial charge in [0.05, 0.1) is 33.8 Å². The molecule has 29 heavy (non-hydrogen) atoms. The number of hydrogen-bond donors (Lipinski definition) is 1. The zero-order valence-electron chi connectivity index (χ0n) is 16.7. The highest BCUT2D eigenvalue weighted by Gasteiger charge is 2.23. The van der Waals surface area contributed by atoms with Gasteiger partial charge in [0.25, 0.3) is 0 Å². The highest BCUT2D eigenvalue weighted by atomic mass is 19.1. The molecule has 2 aliphatic rings. The average molecular weight is 395 g/mol. The van der Waals surface area contributed by atoms with Crippen LogP contribution in [-0.4, -0.2) is 57.9 Å². The number of nitrogens with one attached hydrogen (secondary N) is 1. The maximum atomic E-state index is 14.4. The van der Waals surface area contributed by atoms with Crippen molar-refractivity contribution < 1.29 is 13.6 Å². The molecule has 0 atom stereocenters. The van der Waals surface area contributed by atoms with Gasteiger partial charge in [0, 0.05) is 42.3 Å². The van der Waals surface area contributed by atoms with Crippen LogP contribution < -0.4 is 10.1 Å². The molecule has 8 heteroatoms. The summed E-state index contributed by atoms with van der Waals surface area (Å²) in [7, 11) is 4.46. The van der Waals surface area contributed by atoms with Gasteiger partial charge >= 0.3 is 0 Å². The van der Waals surface area contributed by atoms with Crippen LogP contribution in [0.15, 0.2) is 30.7 Å². The van der Waals surface area contributed by atoms with Gasteiger partial charge in [0.1, 0.15) is 17.9 Å². The van der Waals surface area contributed by atoms with Gasteiger partial charge < -0.3 is 14.5 Å². The monoisotopic (exact) mass is 395 g/mol. The molecule has 0 saturated heterocycles. The third-order valence-electron chi connectivity index (χ3n) is 5.86. The van der Waals surface area contributed by atoms with E-state index in [1.54, 1.807) is 12.4 Å². The molecule has 0 bridgehead atoms. The largest absolute Gasteiger partial charge is 0.493 e. The van der Waals surface area contributed by atoms with Gasteiger partial charge in [-0.3, -0.25) is 4.40 Å². The molecule has 0 radical (unpaired) electrons. The van der Waals surface area contributed by atoms with E-state index >= 15 is 0 Å². The number of aromatic nitrogens is 4. The van der Waals surface area contributed by atoms with E-state index in [0.717, 1.165) is 52.9 Å². The third-order valence-corrected chi connectivity index (χ3v) is 5.86. The van der Waals surface area contributed by atoms with Crippen LogP contribution in [0.3, 0.4) is 0 Å². The Labute approximate surface area is 168 Å². The van der Waals surface area contributed by atoms with Gasteiger partial charge in [-0.05, 0) is 23.8 Å². The Kier molecular flexibility index (Phi) is 4.24. The predicted octanol–water partition coefficient (Wildman–Crippen LogP) is 2.67. The molecule has 5 rings (SSSR count). The van der Waals surface area contributed by atoms with Gasteiger partial charge in [-0.25, -0.2) is 9.37 Å². The highest BCUT2D eigenvalue weighted by molar-refractivity contribution is 5.76. The molecule has 2 aliphatic heterocycles. The van der Waals surface area contributed by atoms with Crippen LogP contribution in [0, 0.1) is 5.82 Å². The molecular formula is C21H24FN6O+. The van der Waals surface area contributed by atoms with Gasteiger partial charge in [-0.1, -0.05) is 0 Å². The van der Waals surface area contributed by atoms with E-state index in [4.69, 9.17) is 4.74 Å². The van der Waals surface area contributed by atoms with Crippen LogP contribution in [0.5, 0.6) is 5.75 Å². The normalized spacial score (nSPS) is 17.7. The van der Waals surface area contributed by atoms with Crippen LogP contribution in [0.2, 0.25) is 0 Å². The second-order valence-corrected chi connectivity index (χ2v) is 8.30. The molecule has 150 valence electrons. The zero-order chi connectivity index (χ0) is 20.0. The molecule has 3 aromatic rings. The molecular weight excluding hydrogens is 371 g/mol. The van der Waals surface area contributed by atoms with Crippen molar-refractivity contribution in [1.82, 2.24) is 19.6 Å². The summed E-state index contributed by atoms with van der Waals surface area (Å²) in [5.74, 6) is 1.13. The number of fused-ring (bicyclic) bond motifs is 2. The first-order valence-electron chi connectivity index (χ1n) is 9.89. The van der Waals surface area contributed by atoms with Gasteiger partial charge in [-0.15, -0.1) is 10.2 Å². The third kappa shape index (κ3) is 3.23. The number of benzene rings is 1. The number of likely N-dealkylation sites (N-methyl/N-ethyl adjacent to an activating group) is 1. The molecule has 0 aliphatic carbocycles. The Bertz CT molecular complexity index is 1120. The lowest BCUT2D eigenvalue weighted by atomic mass is 10.0. The van der Waals surface area contributed by atoms with Crippen molar-refractivity contribution in [3.8, 4) is 5.75 Å². The summed E-state index contributed by atoms with van der Waals surface area (Å²) in [6.07, 6.45) is 7.46. The van der Waals surface area contributed by atoms with E-state index in [2.05, 4.69) is 40.7 Å². The molecule has 0 fully saturated rings. The van der Waals surface area contributed by atoms with Crippen molar-refractivity contribution >= 4 is 17.2 Å². The van der Waals surface area contributed by atoms with Crippen molar-refractivity contribution in [2.24, 2.45) is 0 Å². The van der Waals surface area contributed by atoms with Crippen LogP contribution in [0.4, 0.5) is 10.3 Å². The quantitative estimate of drug-likeness (QED) is 0.688. The van der Waals surface area contributed by atoms with Gasteiger partial charge in [0.2, 0.25) is 5.95 Å². The average Bonchev–Trinajstić information content (AvgIpc) is 3.37. The van der Waals surface area contributed by atoms with Crippen LogP contribution in [0.25, 0.3) is 11.2 Å². The number of ether oxygens (including phenoxy) is 1. The summed E-state index contributed by atoms with van der Waals surface area (Å²) < 4.78 is 22.8. The molecule has 2 aromatic heterocycles. The fraction of sp³-hybridized carbons (Fsp3) is 0.381. The second-order valence-electron chi connectivity index (χ2n) is 8.30. The molecule has 7 nitrogen and oxygen atoms in total. The van der Waals surface area contributed by atoms with Crippen molar-refractivity contribution in [3.05, 3.63) is 53.2 Å². The first-order valence-corrected chi connectivity index (χ1v) is 9.89. The first-order chi connectivity index (χ1) is 14.0. The second kappa shape index (κ2) is 6.81.